The molecule has 0 aliphatic carbocycles. The Kier molecular flexibility index (Phi) is 8.23. The van der Waals surface area contributed by atoms with E-state index in [-0.39, 0.29) is 18.6 Å². The molecule has 2 N–H and O–H groups in total. The van der Waals surface area contributed by atoms with Gasteiger partial charge in [0.25, 0.3) is 5.91 Å². The highest BCUT2D eigenvalue weighted by Gasteiger charge is 2.09. The minimum Gasteiger partial charge on any atom is -0.395 e. The van der Waals surface area contributed by atoms with E-state index < -0.39 is 0 Å². The molecule has 21 heavy (non-hydrogen) atoms. The quantitative estimate of drug-likeness (QED) is 0.598. The van der Waals surface area contributed by atoms with Crippen molar-refractivity contribution in [3.05, 3.63) is 35.4 Å². The van der Waals surface area contributed by atoms with Crippen molar-refractivity contribution in [1.29, 1.82) is 0 Å². The summed E-state index contributed by atoms with van der Waals surface area (Å²) in [7, 11) is 0. The average molecular weight is 287 g/mol. The number of amides is 1. The number of hydrogen-bond donors (Lipinski definition) is 2. The lowest BCUT2D eigenvalue weighted by atomic mass is 10.1. The molecule has 3 nitrogen and oxygen atoms in total. The van der Waals surface area contributed by atoms with Gasteiger partial charge in [0.1, 0.15) is 0 Å². The van der Waals surface area contributed by atoms with Crippen LogP contribution in [0.5, 0.6) is 0 Å². The van der Waals surface area contributed by atoms with E-state index in [1.54, 1.807) is 12.1 Å². The number of nitrogens with one attached hydrogen (secondary N) is 1. The summed E-state index contributed by atoms with van der Waals surface area (Å²) in [5, 5.41) is 11.7. The zero-order valence-electron chi connectivity index (χ0n) is 13.0. The fourth-order valence-electron chi connectivity index (χ4n) is 2.04. The van der Waals surface area contributed by atoms with Crippen LogP contribution in [0.25, 0.3) is 0 Å². The number of unbranched alkanes of at least 4 members (excludes halogenated alkanes) is 2. The standard InChI is InChI=1S/C18H25NO2/c1-3-4-5-9-15(2)19-18(21)17-12-8-11-16(14-17)10-6-7-13-20/h8,11-12,14-15,20H,3-5,7,9,13H2,1-2H3,(H,19,21). The van der Waals surface area contributed by atoms with Crippen LogP contribution in [0.2, 0.25) is 0 Å². The summed E-state index contributed by atoms with van der Waals surface area (Å²) in [5.41, 5.74) is 1.43. The first-order valence-electron chi connectivity index (χ1n) is 7.68. The van der Waals surface area contributed by atoms with Crippen LogP contribution in [-0.4, -0.2) is 23.7 Å². The van der Waals surface area contributed by atoms with Gasteiger partial charge in [-0.2, -0.15) is 0 Å². The van der Waals surface area contributed by atoms with Crippen molar-refractivity contribution >= 4 is 5.91 Å². The first-order valence-corrected chi connectivity index (χ1v) is 7.68. The minimum absolute atomic E-state index is 0.0511. The van der Waals surface area contributed by atoms with E-state index >= 15 is 0 Å². The van der Waals surface area contributed by atoms with Crippen LogP contribution >= 0.6 is 0 Å². The number of aliphatic hydroxyl groups is 1. The fraction of sp³-hybridized carbons (Fsp3) is 0.500. The molecule has 0 aliphatic heterocycles. The van der Waals surface area contributed by atoms with E-state index in [4.69, 9.17) is 5.11 Å². The molecule has 0 bridgehead atoms. The predicted molar refractivity (Wildman–Crippen MR) is 86.1 cm³/mol. The molecule has 1 amide bonds. The Morgan fingerprint density at radius 1 is 1.38 bits per heavy atom. The van der Waals surface area contributed by atoms with E-state index in [0.29, 0.717) is 12.0 Å². The van der Waals surface area contributed by atoms with Crippen molar-refractivity contribution in [2.24, 2.45) is 0 Å². The molecule has 0 radical (unpaired) electrons. The Morgan fingerprint density at radius 3 is 2.90 bits per heavy atom. The molecule has 0 saturated heterocycles. The first-order chi connectivity index (χ1) is 10.2. The number of rotatable bonds is 7. The summed E-state index contributed by atoms with van der Waals surface area (Å²) in [6.45, 7) is 4.27. The summed E-state index contributed by atoms with van der Waals surface area (Å²) < 4.78 is 0. The maximum atomic E-state index is 12.2. The van der Waals surface area contributed by atoms with Gasteiger partial charge in [-0.3, -0.25) is 4.79 Å². The maximum Gasteiger partial charge on any atom is 0.251 e. The number of aliphatic hydroxyl groups excluding tert-OH is 1. The van der Waals surface area contributed by atoms with Gasteiger partial charge >= 0.3 is 0 Å². The molecule has 114 valence electrons. The molecular formula is C18H25NO2. The van der Waals surface area contributed by atoms with Crippen molar-refractivity contribution < 1.29 is 9.90 Å². The Morgan fingerprint density at radius 2 is 2.19 bits per heavy atom. The fourth-order valence-corrected chi connectivity index (χ4v) is 2.04. The van der Waals surface area contributed by atoms with Gasteiger partial charge in [0.2, 0.25) is 0 Å². The highest BCUT2D eigenvalue weighted by Crippen LogP contribution is 2.07. The van der Waals surface area contributed by atoms with Gasteiger partial charge in [0.15, 0.2) is 0 Å². The highest BCUT2D eigenvalue weighted by atomic mass is 16.2. The molecule has 0 spiro atoms. The van der Waals surface area contributed by atoms with Crippen LogP contribution in [0.4, 0.5) is 0 Å². The lowest BCUT2D eigenvalue weighted by Gasteiger charge is -2.13. The third-order valence-electron chi connectivity index (χ3n) is 3.21. The number of carbonyl (C=O) groups is 1. The van der Waals surface area contributed by atoms with E-state index in [1.165, 1.54) is 12.8 Å². The van der Waals surface area contributed by atoms with Gasteiger partial charge in [0.05, 0.1) is 6.61 Å². The molecule has 0 aliphatic rings. The lowest BCUT2D eigenvalue weighted by molar-refractivity contribution is 0.0938. The van der Waals surface area contributed by atoms with Crippen molar-refractivity contribution in [2.45, 2.75) is 52.0 Å². The summed E-state index contributed by atoms with van der Waals surface area (Å²) in [5.74, 6) is 5.76. The van der Waals surface area contributed by atoms with Crippen LogP contribution in [0.15, 0.2) is 24.3 Å². The highest BCUT2D eigenvalue weighted by molar-refractivity contribution is 5.94. The minimum atomic E-state index is -0.0511. The van der Waals surface area contributed by atoms with Crippen LogP contribution in [0, 0.1) is 11.8 Å². The van der Waals surface area contributed by atoms with Crippen molar-refractivity contribution in [1.82, 2.24) is 5.32 Å². The molecule has 1 unspecified atom stereocenters. The van der Waals surface area contributed by atoms with Gasteiger partial charge in [0, 0.05) is 23.6 Å². The van der Waals surface area contributed by atoms with Crippen molar-refractivity contribution in [2.75, 3.05) is 6.61 Å². The molecule has 0 saturated carbocycles. The Labute approximate surface area is 127 Å². The molecule has 0 fully saturated rings. The molecule has 1 aromatic rings. The van der Waals surface area contributed by atoms with Gasteiger partial charge < -0.3 is 10.4 Å². The number of carbonyl (C=O) groups excluding carboxylic acids is 1. The third kappa shape index (κ3) is 6.97. The van der Waals surface area contributed by atoms with Crippen molar-refractivity contribution in [3.8, 4) is 11.8 Å². The largest absolute Gasteiger partial charge is 0.395 e. The zero-order valence-corrected chi connectivity index (χ0v) is 13.0. The molecule has 3 heteroatoms. The molecule has 1 aromatic carbocycles. The van der Waals surface area contributed by atoms with Gasteiger partial charge in [-0.05, 0) is 31.5 Å². The van der Waals surface area contributed by atoms with Gasteiger partial charge in [-0.15, -0.1) is 0 Å². The Balaban J connectivity index is 2.58. The van der Waals surface area contributed by atoms with Gasteiger partial charge in [-0.25, -0.2) is 0 Å². The van der Waals surface area contributed by atoms with Crippen LogP contribution in [-0.2, 0) is 0 Å². The smallest absolute Gasteiger partial charge is 0.251 e. The first kappa shape index (κ1) is 17.3. The van der Waals surface area contributed by atoms with E-state index in [1.807, 2.05) is 19.1 Å². The average Bonchev–Trinajstić information content (AvgIpc) is 2.48. The second-order valence-electron chi connectivity index (χ2n) is 5.23. The van der Waals surface area contributed by atoms with Crippen molar-refractivity contribution in [3.63, 3.8) is 0 Å². The summed E-state index contributed by atoms with van der Waals surface area (Å²) in [6.07, 6.45) is 5.00. The van der Waals surface area contributed by atoms with E-state index in [2.05, 4.69) is 24.1 Å². The number of benzene rings is 1. The van der Waals surface area contributed by atoms with Crippen LogP contribution in [0.1, 0.15) is 61.9 Å². The SMILES string of the molecule is CCCCCC(C)NC(=O)c1cccc(C#CCCO)c1. The van der Waals surface area contributed by atoms with Crippen LogP contribution in [0.3, 0.4) is 0 Å². The second-order valence-corrected chi connectivity index (χ2v) is 5.23. The molecule has 1 rings (SSSR count). The topological polar surface area (TPSA) is 49.3 Å². The Hall–Kier alpha value is -1.79. The van der Waals surface area contributed by atoms with E-state index in [0.717, 1.165) is 18.4 Å². The summed E-state index contributed by atoms with van der Waals surface area (Å²) in [6, 6.07) is 7.48. The van der Waals surface area contributed by atoms with E-state index in [9.17, 15) is 4.79 Å². The lowest BCUT2D eigenvalue weighted by Crippen LogP contribution is -2.32. The molecule has 1 atom stereocenters. The maximum absolute atomic E-state index is 12.2. The van der Waals surface area contributed by atoms with Gasteiger partial charge in [-0.1, -0.05) is 44.1 Å². The normalized spacial score (nSPS) is 11.4. The Bertz CT molecular complexity index is 499. The summed E-state index contributed by atoms with van der Waals surface area (Å²) >= 11 is 0. The predicted octanol–water partition coefficient (Wildman–Crippen LogP) is 3.12. The second kappa shape index (κ2) is 10.0. The molecule has 0 heterocycles. The monoisotopic (exact) mass is 287 g/mol. The zero-order chi connectivity index (χ0) is 15.5. The molecular weight excluding hydrogens is 262 g/mol. The molecule has 0 aromatic heterocycles. The third-order valence-corrected chi connectivity index (χ3v) is 3.21. The van der Waals surface area contributed by atoms with Crippen LogP contribution < -0.4 is 5.32 Å². The number of hydrogen-bond acceptors (Lipinski definition) is 2. The summed E-state index contributed by atoms with van der Waals surface area (Å²) in [4.78, 5) is 12.2.